The van der Waals surface area contributed by atoms with Gasteiger partial charge in [-0.25, -0.2) is 18.2 Å². The number of amides is 1. The van der Waals surface area contributed by atoms with Crippen molar-refractivity contribution < 1.29 is 33.0 Å². The maximum atomic E-state index is 12.8. The van der Waals surface area contributed by atoms with Gasteiger partial charge in [0.15, 0.2) is 9.84 Å². The molecule has 0 unspecified atom stereocenters. The Hall–Kier alpha value is -3.74. The molecule has 0 aliphatic heterocycles. The summed E-state index contributed by atoms with van der Waals surface area (Å²) in [6, 6.07) is 7.06. The molecule has 0 aliphatic rings. The summed E-state index contributed by atoms with van der Waals surface area (Å²) in [6.45, 7) is 1.53. The fourth-order valence-electron chi connectivity index (χ4n) is 3.46. The summed E-state index contributed by atoms with van der Waals surface area (Å²) in [5.74, 6) is -3.35. The lowest BCUT2D eigenvalue weighted by Crippen LogP contribution is -2.23. The molecule has 0 saturated carbocycles. The number of aromatic carboxylic acids is 1. The number of rotatable bonds is 11. The lowest BCUT2D eigenvalue weighted by Gasteiger charge is -2.24. The van der Waals surface area contributed by atoms with Crippen molar-refractivity contribution in [3.05, 3.63) is 70.1 Å². The third kappa shape index (κ3) is 6.77. The van der Waals surface area contributed by atoms with Gasteiger partial charge in [-0.05, 0) is 30.7 Å². The van der Waals surface area contributed by atoms with Gasteiger partial charge in [0.1, 0.15) is 5.82 Å². The minimum absolute atomic E-state index is 0.0264. The molecule has 11 nitrogen and oxygen atoms in total. The van der Waals surface area contributed by atoms with Gasteiger partial charge in [0.25, 0.3) is 5.91 Å². The topological polar surface area (TPSA) is 167 Å². The number of carbonyl (C=O) groups excluding carboxylic acids is 1. The van der Waals surface area contributed by atoms with Crippen LogP contribution in [-0.4, -0.2) is 58.7 Å². The Balaban J connectivity index is 1.99. The molecular formula is C24H22Cl2N4O7S. The van der Waals surface area contributed by atoms with Gasteiger partial charge in [0.2, 0.25) is 0 Å². The van der Waals surface area contributed by atoms with Gasteiger partial charge < -0.3 is 20.4 Å². The number of aromatic nitrogens is 2. The summed E-state index contributed by atoms with van der Waals surface area (Å²) in [5, 5.41) is 21.6. The van der Waals surface area contributed by atoms with Crippen LogP contribution in [0.3, 0.4) is 0 Å². The predicted octanol–water partition coefficient (Wildman–Crippen LogP) is 4.53. The average Bonchev–Trinajstić information content (AvgIpc) is 2.86. The highest BCUT2D eigenvalue weighted by molar-refractivity contribution is 7.91. The molecule has 200 valence electrons. The number of hydrogen-bond acceptors (Lipinski definition) is 8. The summed E-state index contributed by atoms with van der Waals surface area (Å²) < 4.78 is 25.6. The van der Waals surface area contributed by atoms with Crippen molar-refractivity contribution in [1.82, 2.24) is 9.97 Å². The van der Waals surface area contributed by atoms with E-state index >= 15 is 0 Å². The van der Waals surface area contributed by atoms with Gasteiger partial charge in [-0.1, -0.05) is 30.1 Å². The Morgan fingerprint density at radius 3 is 2.21 bits per heavy atom. The molecule has 3 rings (SSSR count). The fourth-order valence-corrected chi connectivity index (χ4v) is 5.44. The Morgan fingerprint density at radius 1 is 1.03 bits per heavy atom. The molecule has 0 aliphatic carbocycles. The molecule has 3 aromatic rings. The van der Waals surface area contributed by atoms with Crippen LogP contribution in [0.2, 0.25) is 10.0 Å². The van der Waals surface area contributed by atoms with Gasteiger partial charge in [-0.3, -0.25) is 14.6 Å². The number of carboxylic acid groups (broad SMARTS) is 2. The molecule has 2 heterocycles. The van der Waals surface area contributed by atoms with Crippen LogP contribution in [0.1, 0.15) is 40.5 Å². The van der Waals surface area contributed by atoms with Crippen LogP contribution in [0.15, 0.2) is 53.8 Å². The van der Waals surface area contributed by atoms with E-state index in [9.17, 15) is 33.0 Å². The lowest BCUT2D eigenvalue weighted by molar-refractivity contribution is -0.136. The first-order valence-electron chi connectivity index (χ1n) is 11.1. The molecule has 0 spiro atoms. The molecule has 0 radical (unpaired) electrons. The van der Waals surface area contributed by atoms with E-state index in [0.29, 0.717) is 5.69 Å². The van der Waals surface area contributed by atoms with Crippen molar-refractivity contribution >= 4 is 68.1 Å². The standard InChI is InChI=1S/C24H22Cl2N4O7S/c1-2-9-38(36,37)19-10-20(28-11-16(19)24(34)35)30(8-7-21(31)32)15-5-3-14(4-6-15)23(33)29-22-17(25)12-27-13-18(22)26/h3-6,10-13H,2,7-9H2,1H3,(H,31,32)(H,34,35)(H,27,29,33). The minimum atomic E-state index is -3.95. The third-order valence-corrected chi connectivity index (χ3v) is 7.78. The molecule has 1 aromatic carbocycles. The first-order chi connectivity index (χ1) is 17.9. The van der Waals surface area contributed by atoms with Gasteiger partial charge in [0.05, 0.1) is 38.4 Å². The van der Waals surface area contributed by atoms with Gasteiger partial charge in [0, 0.05) is 42.5 Å². The summed E-state index contributed by atoms with van der Waals surface area (Å²) in [4.78, 5) is 44.6. The third-order valence-electron chi connectivity index (χ3n) is 5.25. The van der Waals surface area contributed by atoms with Gasteiger partial charge in [-0.2, -0.15) is 0 Å². The van der Waals surface area contributed by atoms with Crippen molar-refractivity contribution in [1.29, 1.82) is 0 Å². The van der Waals surface area contributed by atoms with Crippen LogP contribution in [0.5, 0.6) is 0 Å². The number of nitrogens with zero attached hydrogens (tertiary/aromatic N) is 3. The molecule has 0 saturated heterocycles. The van der Waals surface area contributed by atoms with Crippen LogP contribution in [0, 0.1) is 0 Å². The van der Waals surface area contributed by atoms with Crippen molar-refractivity contribution in [2.24, 2.45) is 0 Å². The SMILES string of the molecule is CCCS(=O)(=O)c1cc(N(CCC(=O)O)c2ccc(C(=O)Nc3c(Cl)cncc3Cl)cc2)ncc1C(=O)O. The van der Waals surface area contributed by atoms with Crippen molar-refractivity contribution in [3.8, 4) is 0 Å². The number of sulfone groups is 1. The van der Waals surface area contributed by atoms with Crippen LogP contribution in [0.25, 0.3) is 0 Å². The monoisotopic (exact) mass is 580 g/mol. The molecular weight excluding hydrogens is 559 g/mol. The van der Waals surface area contributed by atoms with Crippen molar-refractivity contribution in [2.75, 3.05) is 22.5 Å². The normalized spacial score (nSPS) is 11.1. The van der Waals surface area contributed by atoms with E-state index in [-0.39, 0.29) is 52.3 Å². The predicted molar refractivity (Wildman–Crippen MR) is 141 cm³/mol. The maximum absolute atomic E-state index is 12.8. The fraction of sp³-hybridized carbons (Fsp3) is 0.208. The van der Waals surface area contributed by atoms with E-state index in [1.165, 1.54) is 41.6 Å². The first-order valence-corrected chi connectivity index (χ1v) is 13.5. The summed E-state index contributed by atoms with van der Waals surface area (Å²) in [5.41, 5.74) is 0.304. The highest BCUT2D eigenvalue weighted by atomic mass is 35.5. The smallest absolute Gasteiger partial charge is 0.338 e. The number of halogens is 2. The molecule has 2 aromatic heterocycles. The van der Waals surface area contributed by atoms with E-state index in [1.54, 1.807) is 6.92 Å². The summed E-state index contributed by atoms with van der Waals surface area (Å²) in [7, 11) is -3.95. The largest absolute Gasteiger partial charge is 0.481 e. The van der Waals surface area contributed by atoms with E-state index in [1.807, 2.05) is 0 Å². The number of benzene rings is 1. The molecule has 3 N–H and O–H groups in total. The Kier molecular flexibility index (Phi) is 9.26. The van der Waals surface area contributed by atoms with Crippen LogP contribution < -0.4 is 10.2 Å². The number of pyridine rings is 2. The van der Waals surface area contributed by atoms with Gasteiger partial charge in [-0.15, -0.1) is 0 Å². The second-order valence-corrected chi connectivity index (χ2v) is 10.8. The zero-order chi connectivity index (χ0) is 28.0. The molecule has 38 heavy (non-hydrogen) atoms. The number of aliphatic carboxylic acids is 1. The van der Waals surface area contributed by atoms with Crippen molar-refractivity contribution in [2.45, 2.75) is 24.7 Å². The molecule has 0 fully saturated rings. The Bertz CT molecular complexity index is 1460. The number of anilines is 3. The molecule has 14 heteroatoms. The number of carbonyl (C=O) groups is 3. The number of carboxylic acids is 2. The number of hydrogen-bond donors (Lipinski definition) is 3. The van der Waals surface area contributed by atoms with Crippen LogP contribution in [0.4, 0.5) is 17.2 Å². The highest BCUT2D eigenvalue weighted by Gasteiger charge is 2.25. The van der Waals surface area contributed by atoms with E-state index in [4.69, 9.17) is 23.2 Å². The second kappa shape index (κ2) is 12.2. The summed E-state index contributed by atoms with van der Waals surface area (Å²) >= 11 is 12.1. The highest BCUT2D eigenvalue weighted by Crippen LogP contribution is 2.31. The van der Waals surface area contributed by atoms with E-state index in [0.717, 1.165) is 12.3 Å². The van der Waals surface area contributed by atoms with Crippen molar-refractivity contribution in [3.63, 3.8) is 0 Å². The van der Waals surface area contributed by atoms with Gasteiger partial charge >= 0.3 is 11.9 Å². The maximum Gasteiger partial charge on any atom is 0.338 e. The molecule has 0 atom stereocenters. The summed E-state index contributed by atoms with van der Waals surface area (Å²) in [6.07, 6.45) is 3.51. The molecule has 0 bridgehead atoms. The van der Waals surface area contributed by atoms with Crippen LogP contribution in [-0.2, 0) is 14.6 Å². The zero-order valence-electron chi connectivity index (χ0n) is 19.9. The minimum Gasteiger partial charge on any atom is -0.481 e. The second-order valence-electron chi connectivity index (χ2n) is 7.94. The molecule has 1 amide bonds. The van der Waals surface area contributed by atoms with E-state index < -0.39 is 38.1 Å². The Morgan fingerprint density at radius 2 is 1.66 bits per heavy atom. The average molecular weight is 581 g/mol. The Labute approximate surface area is 228 Å². The van der Waals surface area contributed by atoms with E-state index in [2.05, 4.69) is 15.3 Å². The lowest BCUT2D eigenvalue weighted by atomic mass is 10.1. The van der Waals surface area contributed by atoms with Crippen LogP contribution >= 0.6 is 23.2 Å². The quantitative estimate of drug-likeness (QED) is 0.293. The zero-order valence-corrected chi connectivity index (χ0v) is 22.2. The number of nitrogens with one attached hydrogen (secondary N) is 1. The first kappa shape index (κ1) is 28.8.